The first-order valence-corrected chi connectivity index (χ1v) is 8.08. The molecule has 1 amide bonds. The molecular weight excluding hydrogens is 326 g/mol. The predicted octanol–water partition coefficient (Wildman–Crippen LogP) is 3.58. The Morgan fingerprint density at radius 3 is 2.42 bits per heavy atom. The fourth-order valence-electron chi connectivity index (χ4n) is 2.60. The molecule has 0 aliphatic heterocycles. The molecule has 4 rings (SSSR count). The fraction of sp³-hybridized carbons (Fsp3) is 0. The summed E-state index contributed by atoms with van der Waals surface area (Å²) in [7, 11) is 0. The summed E-state index contributed by atoms with van der Waals surface area (Å²) in [5, 5.41) is 7.50. The molecule has 0 aliphatic rings. The van der Waals surface area contributed by atoms with Crippen molar-refractivity contribution in [1.82, 2.24) is 19.7 Å². The van der Waals surface area contributed by atoms with Gasteiger partial charge >= 0.3 is 0 Å². The van der Waals surface area contributed by atoms with Crippen molar-refractivity contribution >= 4 is 11.6 Å². The molecule has 0 saturated carbocycles. The van der Waals surface area contributed by atoms with Gasteiger partial charge in [-0.2, -0.15) is 5.10 Å². The second kappa shape index (κ2) is 6.98. The normalized spacial score (nSPS) is 10.5. The van der Waals surface area contributed by atoms with Crippen LogP contribution in [0.4, 0.5) is 5.69 Å². The zero-order valence-corrected chi connectivity index (χ0v) is 13.8. The van der Waals surface area contributed by atoms with Gasteiger partial charge in [-0.3, -0.25) is 14.8 Å². The zero-order chi connectivity index (χ0) is 17.8. The monoisotopic (exact) mass is 341 g/mol. The van der Waals surface area contributed by atoms with Gasteiger partial charge < -0.3 is 5.32 Å². The molecule has 6 nitrogen and oxygen atoms in total. The van der Waals surface area contributed by atoms with Gasteiger partial charge in [0.15, 0.2) is 0 Å². The van der Waals surface area contributed by atoms with Crippen LogP contribution >= 0.6 is 0 Å². The number of nitrogens with one attached hydrogen (secondary N) is 1. The van der Waals surface area contributed by atoms with Crippen molar-refractivity contribution in [2.75, 3.05) is 5.32 Å². The lowest BCUT2D eigenvalue weighted by Gasteiger charge is -2.04. The minimum Gasteiger partial charge on any atom is -0.322 e. The van der Waals surface area contributed by atoms with Crippen LogP contribution in [-0.4, -0.2) is 25.7 Å². The average molecular weight is 341 g/mol. The number of anilines is 1. The van der Waals surface area contributed by atoms with Crippen LogP contribution in [0.5, 0.6) is 0 Å². The minimum absolute atomic E-state index is 0.239. The van der Waals surface area contributed by atoms with Gasteiger partial charge in [0, 0.05) is 42.2 Å². The van der Waals surface area contributed by atoms with Crippen LogP contribution in [0.2, 0.25) is 0 Å². The number of rotatable bonds is 4. The molecule has 26 heavy (non-hydrogen) atoms. The van der Waals surface area contributed by atoms with Crippen LogP contribution < -0.4 is 5.32 Å². The fourth-order valence-corrected chi connectivity index (χ4v) is 2.60. The average Bonchev–Trinajstić information content (AvgIpc) is 3.16. The van der Waals surface area contributed by atoms with Gasteiger partial charge in [-0.25, -0.2) is 4.68 Å². The predicted molar refractivity (Wildman–Crippen MR) is 99.0 cm³/mol. The lowest BCUT2D eigenvalue weighted by Crippen LogP contribution is -2.12. The van der Waals surface area contributed by atoms with Crippen molar-refractivity contribution in [2.24, 2.45) is 0 Å². The van der Waals surface area contributed by atoms with Gasteiger partial charge in [0.05, 0.1) is 11.3 Å². The maximum atomic E-state index is 12.8. The summed E-state index contributed by atoms with van der Waals surface area (Å²) in [6.45, 7) is 0. The molecule has 0 aliphatic carbocycles. The third-order valence-electron chi connectivity index (χ3n) is 3.85. The zero-order valence-electron chi connectivity index (χ0n) is 13.8. The van der Waals surface area contributed by atoms with E-state index in [0.717, 1.165) is 11.3 Å². The molecule has 4 aromatic rings. The number of pyridine rings is 2. The molecule has 3 heterocycles. The first-order chi connectivity index (χ1) is 12.8. The largest absolute Gasteiger partial charge is 0.322 e. The smallest absolute Gasteiger partial charge is 0.259 e. The number of carbonyl (C=O) groups is 1. The number of para-hydroxylation sites is 1. The topological polar surface area (TPSA) is 72.7 Å². The summed E-state index contributed by atoms with van der Waals surface area (Å²) in [5.41, 5.74) is 3.38. The molecule has 6 heteroatoms. The molecule has 1 N–H and O–H groups in total. The molecule has 0 bridgehead atoms. The third-order valence-corrected chi connectivity index (χ3v) is 3.85. The van der Waals surface area contributed by atoms with E-state index in [9.17, 15) is 4.79 Å². The second-order valence-corrected chi connectivity index (χ2v) is 5.60. The van der Waals surface area contributed by atoms with Crippen LogP contribution in [0.3, 0.4) is 0 Å². The Morgan fingerprint density at radius 1 is 0.885 bits per heavy atom. The van der Waals surface area contributed by atoms with E-state index in [4.69, 9.17) is 0 Å². The van der Waals surface area contributed by atoms with E-state index in [0.29, 0.717) is 16.9 Å². The van der Waals surface area contributed by atoms with E-state index in [1.807, 2.05) is 42.5 Å². The number of nitrogens with zero attached hydrogens (tertiary/aromatic N) is 4. The Balaban J connectivity index is 1.77. The number of benzene rings is 1. The molecule has 0 radical (unpaired) electrons. The van der Waals surface area contributed by atoms with Crippen molar-refractivity contribution in [2.45, 2.75) is 0 Å². The summed E-state index contributed by atoms with van der Waals surface area (Å²) >= 11 is 0. The number of hydrogen-bond donors (Lipinski definition) is 1. The molecule has 126 valence electrons. The van der Waals surface area contributed by atoms with Gasteiger partial charge in [-0.1, -0.05) is 18.2 Å². The standard InChI is InChI=1S/C20H15N5O/c26-20(23-16-8-11-21-12-9-16)18-14-25(17-6-2-1-3-7-17)24-19(18)15-5-4-10-22-13-15/h1-14H,(H,21,23,26). The highest BCUT2D eigenvalue weighted by molar-refractivity contribution is 6.08. The number of amides is 1. The van der Waals surface area contributed by atoms with E-state index in [1.54, 1.807) is 47.8 Å². The Kier molecular flexibility index (Phi) is 4.22. The quantitative estimate of drug-likeness (QED) is 0.616. The van der Waals surface area contributed by atoms with E-state index >= 15 is 0 Å². The molecule has 0 unspecified atom stereocenters. The summed E-state index contributed by atoms with van der Waals surface area (Å²) in [4.78, 5) is 20.9. The van der Waals surface area contributed by atoms with Crippen molar-refractivity contribution in [1.29, 1.82) is 0 Å². The molecule has 0 fully saturated rings. The highest BCUT2D eigenvalue weighted by Gasteiger charge is 2.19. The lowest BCUT2D eigenvalue weighted by atomic mass is 10.1. The van der Waals surface area contributed by atoms with Crippen molar-refractivity contribution < 1.29 is 4.79 Å². The maximum absolute atomic E-state index is 12.8. The number of hydrogen-bond acceptors (Lipinski definition) is 4. The van der Waals surface area contributed by atoms with Crippen LogP contribution in [0.25, 0.3) is 16.9 Å². The first-order valence-electron chi connectivity index (χ1n) is 8.08. The SMILES string of the molecule is O=C(Nc1ccncc1)c1cn(-c2ccccc2)nc1-c1cccnc1. The van der Waals surface area contributed by atoms with E-state index in [1.165, 1.54) is 0 Å². The summed E-state index contributed by atoms with van der Waals surface area (Å²) in [6, 6.07) is 16.8. The molecule has 0 spiro atoms. The molecule has 3 aromatic heterocycles. The Hall–Kier alpha value is -3.80. The van der Waals surface area contributed by atoms with Crippen molar-refractivity contribution in [3.63, 3.8) is 0 Å². The number of carbonyl (C=O) groups excluding carboxylic acids is 1. The van der Waals surface area contributed by atoms with Crippen molar-refractivity contribution in [3.05, 3.63) is 91.1 Å². The van der Waals surface area contributed by atoms with E-state index in [2.05, 4.69) is 20.4 Å². The van der Waals surface area contributed by atoms with Gasteiger partial charge in [-0.15, -0.1) is 0 Å². The van der Waals surface area contributed by atoms with Crippen molar-refractivity contribution in [3.8, 4) is 16.9 Å². The Labute approximate surface area is 150 Å². The van der Waals surface area contributed by atoms with E-state index in [-0.39, 0.29) is 5.91 Å². The molecule has 1 aromatic carbocycles. The van der Waals surface area contributed by atoms with Gasteiger partial charge in [0.25, 0.3) is 5.91 Å². The molecule has 0 atom stereocenters. The third kappa shape index (κ3) is 3.21. The molecule has 0 saturated heterocycles. The Morgan fingerprint density at radius 2 is 1.69 bits per heavy atom. The highest BCUT2D eigenvalue weighted by atomic mass is 16.1. The second-order valence-electron chi connectivity index (χ2n) is 5.60. The van der Waals surface area contributed by atoms with Gasteiger partial charge in [0.2, 0.25) is 0 Å². The molecular formula is C20H15N5O. The first kappa shape index (κ1) is 15.7. The summed E-state index contributed by atoms with van der Waals surface area (Å²) in [6.07, 6.45) is 8.37. The Bertz CT molecular complexity index is 1010. The maximum Gasteiger partial charge on any atom is 0.259 e. The van der Waals surface area contributed by atoms with Crippen LogP contribution in [0, 0.1) is 0 Å². The highest BCUT2D eigenvalue weighted by Crippen LogP contribution is 2.24. The van der Waals surface area contributed by atoms with Crippen LogP contribution in [-0.2, 0) is 0 Å². The number of aromatic nitrogens is 4. The van der Waals surface area contributed by atoms with Gasteiger partial charge in [0.1, 0.15) is 5.69 Å². The minimum atomic E-state index is -0.239. The summed E-state index contributed by atoms with van der Waals surface area (Å²) in [5.74, 6) is -0.239. The van der Waals surface area contributed by atoms with Crippen LogP contribution in [0.1, 0.15) is 10.4 Å². The lowest BCUT2D eigenvalue weighted by molar-refractivity contribution is 0.102. The summed E-state index contributed by atoms with van der Waals surface area (Å²) < 4.78 is 1.70. The van der Waals surface area contributed by atoms with Gasteiger partial charge in [-0.05, 0) is 36.4 Å². The van der Waals surface area contributed by atoms with E-state index < -0.39 is 0 Å². The van der Waals surface area contributed by atoms with Crippen LogP contribution in [0.15, 0.2) is 85.6 Å².